The van der Waals surface area contributed by atoms with Gasteiger partial charge >= 0.3 is 5.97 Å². The van der Waals surface area contributed by atoms with E-state index in [4.69, 9.17) is 5.11 Å². The van der Waals surface area contributed by atoms with Gasteiger partial charge in [-0.15, -0.1) is 5.10 Å². The fourth-order valence-electron chi connectivity index (χ4n) is 4.25. The number of anilines is 1. The van der Waals surface area contributed by atoms with E-state index < -0.39 is 23.8 Å². The van der Waals surface area contributed by atoms with E-state index in [2.05, 4.69) is 20.9 Å². The Balaban J connectivity index is 1.29. The molecule has 0 radical (unpaired) electrons. The van der Waals surface area contributed by atoms with Crippen LogP contribution in [0.15, 0.2) is 48.7 Å². The van der Waals surface area contributed by atoms with Gasteiger partial charge in [-0.05, 0) is 41.8 Å². The van der Waals surface area contributed by atoms with E-state index in [0.29, 0.717) is 22.5 Å². The predicted octanol–water partition coefficient (Wildman–Crippen LogP) is 0.908. The van der Waals surface area contributed by atoms with Crippen molar-refractivity contribution in [2.75, 3.05) is 5.32 Å². The number of piperidine rings is 1. The quantitative estimate of drug-likeness (QED) is 0.431. The highest BCUT2D eigenvalue weighted by Crippen LogP contribution is 2.29. The molecule has 1 atom stereocenters. The summed E-state index contributed by atoms with van der Waals surface area (Å²) in [6.07, 6.45) is 1.77. The average molecular weight is 488 g/mol. The molecule has 3 heterocycles. The monoisotopic (exact) mass is 488 g/mol. The van der Waals surface area contributed by atoms with E-state index in [-0.39, 0.29) is 43.3 Å². The standard InChI is InChI=1S/C24H20N6O6/c31-20-8-7-19(23(35)26-20)29-11-14-3-6-16(10-17(14)24(29)36)30-12-18(27-28-30)22(34)25-15-4-1-13(2-5-15)9-21(32)33/h1-6,10,12,19H,7-9,11H2,(H,25,34)(H,32,33)(H,26,31,35). The SMILES string of the molecule is O=C(O)Cc1ccc(NC(=O)c2cn(-c3ccc4c(c3)C(=O)N(C3CCC(=O)NC3=O)C4)nn2)cc1. The van der Waals surface area contributed by atoms with Gasteiger partial charge in [-0.1, -0.05) is 23.4 Å². The smallest absolute Gasteiger partial charge is 0.307 e. The van der Waals surface area contributed by atoms with Crippen LogP contribution < -0.4 is 10.6 Å². The number of fused-ring (bicyclic) bond motifs is 1. The zero-order valence-electron chi connectivity index (χ0n) is 18.8. The highest BCUT2D eigenvalue weighted by molar-refractivity contribution is 6.05. The average Bonchev–Trinajstić information content (AvgIpc) is 3.45. The van der Waals surface area contributed by atoms with Crippen molar-refractivity contribution in [1.82, 2.24) is 25.2 Å². The van der Waals surface area contributed by atoms with Crippen molar-refractivity contribution in [1.29, 1.82) is 0 Å². The van der Waals surface area contributed by atoms with E-state index in [0.717, 1.165) is 5.56 Å². The fraction of sp³-hybridized carbons (Fsp3) is 0.208. The maximum Gasteiger partial charge on any atom is 0.307 e. The van der Waals surface area contributed by atoms with Crippen molar-refractivity contribution >= 4 is 35.3 Å². The maximum atomic E-state index is 13.0. The molecule has 5 rings (SSSR count). The minimum absolute atomic E-state index is 0.0432. The highest BCUT2D eigenvalue weighted by Gasteiger charge is 2.39. The van der Waals surface area contributed by atoms with E-state index >= 15 is 0 Å². The largest absolute Gasteiger partial charge is 0.481 e. The molecule has 0 spiro atoms. The molecule has 36 heavy (non-hydrogen) atoms. The number of carboxylic acids is 1. The Morgan fingerprint density at radius 1 is 1.11 bits per heavy atom. The third-order valence-electron chi connectivity index (χ3n) is 6.07. The van der Waals surface area contributed by atoms with Crippen molar-refractivity contribution in [3.63, 3.8) is 0 Å². The summed E-state index contributed by atoms with van der Waals surface area (Å²) in [4.78, 5) is 61.5. The second-order valence-electron chi connectivity index (χ2n) is 8.51. The maximum absolute atomic E-state index is 13.0. The lowest BCUT2D eigenvalue weighted by Gasteiger charge is -2.29. The molecule has 0 saturated carbocycles. The van der Waals surface area contributed by atoms with Gasteiger partial charge in [-0.3, -0.25) is 29.3 Å². The topological polar surface area (TPSA) is 164 Å². The first-order valence-electron chi connectivity index (χ1n) is 11.1. The van der Waals surface area contributed by atoms with Crippen LogP contribution >= 0.6 is 0 Å². The van der Waals surface area contributed by atoms with Gasteiger partial charge in [0.05, 0.1) is 18.3 Å². The second-order valence-corrected chi connectivity index (χ2v) is 8.51. The van der Waals surface area contributed by atoms with E-state index in [9.17, 15) is 24.0 Å². The number of carbonyl (C=O) groups excluding carboxylic acids is 4. The van der Waals surface area contributed by atoms with Gasteiger partial charge in [0.2, 0.25) is 11.8 Å². The van der Waals surface area contributed by atoms with Crippen LogP contribution in [0, 0.1) is 0 Å². The Labute approximate surface area is 203 Å². The van der Waals surface area contributed by atoms with Crippen LogP contribution in [0.1, 0.15) is 44.8 Å². The molecule has 1 fully saturated rings. The van der Waals surface area contributed by atoms with Crippen LogP contribution in [0.2, 0.25) is 0 Å². The Morgan fingerprint density at radius 3 is 2.61 bits per heavy atom. The van der Waals surface area contributed by atoms with Gasteiger partial charge in [0.25, 0.3) is 11.8 Å². The number of aromatic nitrogens is 3. The summed E-state index contributed by atoms with van der Waals surface area (Å²) < 4.78 is 1.37. The van der Waals surface area contributed by atoms with Crippen LogP contribution in [0.25, 0.3) is 5.69 Å². The Morgan fingerprint density at radius 2 is 1.89 bits per heavy atom. The van der Waals surface area contributed by atoms with Crippen molar-refractivity contribution in [3.05, 3.63) is 71.0 Å². The van der Waals surface area contributed by atoms with Crippen molar-refractivity contribution in [2.45, 2.75) is 31.8 Å². The van der Waals surface area contributed by atoms with Gasteiger partial charge < -0.3 is 15.3 Å². The summed E-state index contributed by atoms with van der Waals surface area (Å²) in [5.74, 6) is -2.58. The van der Waals surface area contributed by atoms with Crippen molar-refractivity contribution in [2.24, 2.45) is 0 Å². The third kappa shape index (κ3) is 4.43. The number of rotatable bonds is 6. The van der Waals surface area contributed by atoms with Crippen LogP contribution in [0.3, 0.4) is 0 Å². The first-order chi connectivity index (χ1) is 17.3. The van der Waals surface area contributed by atoms with E-state index in [1.165, 1.54) is 15.8 Å². The lowest BCUT2D eigenvalue weighted by Crippen LogP contribution is -2.52. The molecular formula is C24H20N6O6. The zero-order valence-corrected chi connectivity index (χ0v) is 18.8. The van der Waals surface area contributed by atoms with Crippen molar-refractivity contribution < 1.29 is 29.1 Å². The predicted molar refractivity (Wildman–Crippen MR) is 123 cm³/mol. The van der Waals surface area contributed by atoms with Gasteiger partial charge in [0, 0.05) is 24.2 Å². The number of imide groups is 1. The number of nitrogens with one attached hydrogen (secondary N) is 2. The molecule has 2 aliphatic rings. The van der Waals surface area contributed by atoms with Gasteiger partial charge in [-0.2, -0.15) is 0 Å². The summed E-state index contributed by atoms with van der Waals surface area (Å²) in [7, 11) is 0. The minimum Gasteiger partial charge on any atom is -0.481 e. The van der Waals surface area contributed by atoms with Crippen LogP contribution in [0.4, 0.5) is 5.69 Å². The normalized spacial score (nSPS) is 17.1. The van der Waals surface area contributed by atoms with E-state index in [1.54, 1.807) is 42.5 Å². The number of hydrogen-bond donors (Lipinski definition) is 3. The molecule has 12 nitrogen and oxygen atoms in total. The van der Waals surface area contributed by atoms with Crippen molar-refractivity contribution in [3.8, 4) is 5.69 Å². The van der Waals surface area contributed by atoms with E-state index in [1.807, 2.05) is 0 Å². The first-order valence-corrected chi connectivity index (χ1v) is 11.1. The number of carboxylic acid groups (broad SMARTS) is 1. The molecule has 1 aromatic heterocycles. The van der Waals surface area contributed by atoms with Gasteiger partial charge in [-0.25, -0.2) is 4.68 Å². The summed E-state index contributed by atoms with van der Waals surface area (Å²) >= 11 is 0. The fourth-order valence-corrected chi connectivity index (χ4v) is 4.25. The Bertz CT molecular complexity index is 1410. The second kappa shape index (κ2) is 9.06. The summed E-state index contributed by atoms with van der Waals surface area (Å²) in [5, 5.41) is 21.7. The van der Waals surface area contributed by atoms with Crippen LogP contribution in [0.5, 0.6) is 0 Å². The molecule has 3 aromatic rings. The molecule has 2 aliphatic heterocycles. The molecular weight excluding hydrogens is 468 g/mol. The molecule has 3 N–H and O–H groups in total. The van der Waals surface area contributed by atoms with Crippen LogP contribution in [-0.4, -0.2) is 60.6 Å². The van der Waals surface area contributed by atoms with Crippen LogP contribution in [-0.2, 0) is 27.3 Å². The highest BCUT2D eigenvalue weighted by atomic mass is 16.4. The Hall–Kier alpha value is -4.87. The number of aliphatic carboxylic acids is 1. The third-order valence-corrected chi connectivity index (χ3v) is 6.07. The van der Waals surface area contributed by atoms with Gasteiger partial charge in [0.1, 0.15) is 6.04 Å². The molecule has 1 unspecified atom stereocenters. The minimum atomic E-state index is -0.944. The molecule has 4 amide bonds. The molecule has 182 valence electrons. The van der Waals surface area contributed by atoms with Gasteiger partial charge in [0.15, 0.2) is 5.69 Å². The molecule has 0 aliphatic carbocycles. The zero-order chi connectivity index (χ0) is 25.4. The molecule has 12 heteroatoms. The number of benzene rings is 2. The molecule has 1 saturated heterocycles. The molecule has 2 aromatic carbocycles. The number of nitrogens with zero attached hydrogens (tertiary/aromatic N) is 4. The number of hydrogen-bond acceptors (Lipinski definition) is 7. The molecule has 0 bridgehead atoms. The lowest BCUT2D eigenvalue weighted by atomic mass is 10.0. The number of carbonyl (C=O) groups is 5. The summed E-state index contributed by atoms with van der Waals surface area (Å²) in [6.45, 7) is 0.261. The number of amides is 4. The lowest BCUT2D eigenvalue weighted by molar-refractivity contribution is -0.137. The first kappa shape index (κ1) is 22.9. The summed E-state index contributed by atoms with van der Waals surface area (Å²) in [6, 6.07) is 10.8. The summed E-state index contributed by atoms with van der Waals surface area (Å²) in [5.41, 5.74) is 2.80. The Kier molecular flexibility index (Phi) is 5.76.